The van der Waals surface area contributed by atoms with Gasteiger partial charge in [-0.25, -0.2) is 4.68 Å². The van der Waals surface area contributed by atoms with E-state index < -0.39 is 0 Å². The molecule has 4 heterocycles. The fourth-order valence-electron chi connectivity index (χ4n) is 4.20. The van der Waals surface area contributed by atoms with Crippen molar-refractivity contribution in [2.45, 2.75) is 46.0 Å². The van der Waals surface area contributed by atoms with Crippen LogP contribution in [-0.4, -0.2) is 54.0 Å². The van der Waals surface area contributed by atoms with Crippen LogP contribution < -0.4 is 10.2 Å². The van der Waals surface area contributed by atoms with Gasteiger partial charge in [-0.15, -0.1) is 14.8 Å². The number of carbonyl (C=O) groups excluding carboxylic acids is 1. The minimum atomic E-state index is -0.131. The zero-order valence-corrected chi connectivity index (χ0v) is 19.9. The third-order valence-electron chi connectivity index (χ3n) is 6.22. The van der Waals surface area contributed by atoms with Crippen molar-refractivity contribution in [2.24, 2.45) is 5.92 Å². The molecule has 3 aromatic heterocycles. The summed E-state index contributed by atoms with van der Waals surface area (Å²) in [5, 5.41) is 23.9. The summed E-state index contributed by atoms with van der Waals surface area (Å²) in [5.41, 5.74) is 3.49. The first-order valence-corrected chi connectivity index (χ1v) is 11.6. The number of carbonyl (C=O) groups is 1. The Kier molecular flexibility index (Phi) is 5.51. The number of hydrogen-bond donors (Lipinski definition) is 1. The summed E-state index contributed by atoms with van der Waals surface area (Å²) >= 11 is 0. The molecule has 1 aromatic carbocycles. The van der Waals surface area contributed by atoms with Gasteiger partial charge in [0.15, 0.2) is 11.5 Å². The molecule has 0 spiro atoms. The Morgan fingerprint density at radius 3 is 2.59 bits per heavy atom. The SMILES string of the molecule is Cc1cccc(-n2nc(C(C)(C)C)cc2NC(=O)C2CCN(c3ccc4nnnn4n3)CC2)c1. The first-order valence-electron chi connectivity index (χ1n) is 11.6. The van der Waals surface area contributed by atoms with Crippen LogP contribution in [-0.2, 0) is 10.2 Å². The first-order chi connectivity index (χ1) is 16.3. The van der Waals surface area contributed by atoms with E-state index >= 15 is 0 Å². The average molecular weight is 460 g/mol. The van der Waals surface area contributed by atoms with Gasteiger partial charge in [0.25, 0.3) is 0 Å². The number of aromatic nitrogens is 7. The Labute approximate surface area is 198 Å². The molecule has 34 heavy (non-hydrogen) atoms. The fraction of sp³-hybridized carbons (Fsp3) is 0.417. The van der Waals surface area contributed by atoms with E-state index in [0.717, 1.165) is 48.7 Å². The number of amides is 1. The Bertz CT molecular complexity index is 1330. The number of fused-ring (bicyclic) bond motifs is 1. The van der Waals surface area contributed by atoms with Crippen LogP contribution in [0.2, 0.25) is 0 Å². The average Bonchev–Trinajstić information content (AvgIpc) is 3.45. The zero-order chi connectivity index (χ0) is 23.9. The van der Waals surface area contributed by atoms with Gasteiger partial charge in [0, 0.05) is 30.5 Å². The second-order valence-corrected chi connectivity index (χ2v) is 9.88. The van der Waals surface area contributed by atoms with E-state index in [4.69, 9.17) is 5.10 Å². The van der Waals surface area contributed by atoms with Crippen molar-refractivity contribution in [3.63, 3.8) is 0 Å². The minimum Gasteiger partial charge on any atom is -0.355 e. The molecule has 1 aliphatic heterocycles. The van der Waals surface area contributed by atoms with Crippen LogP contribution in [0.15, 0.2) is 42.5 Å². The van der Waals surface area contributed by atoms with Crippen molar-refractivity contribution in [3.8, 4) is 5.69 Å². The quantitative estimate of drug-likeness (QED) is 0.500. The molecule has 0 bridgehead atoms. The molecular formula is C24H29N9O. The molecular weight excluding hydrogens is 430 g/mol. The predicted molar refractivity (Wildman–Crippen MR) is 129 cm³/mol. The molecule has 10 heteroatoms. The molecule has 1 amide bonds. The number of anilines is 2. The molecule has 0 aliphatic carbocycles. The lowest BCUT2D eigenvalue weighted by Gasteiger charge is -2.31. The summed E-state index contributed by atoms with van der Waals surface area (Å²) in [6, 6.07) is 13.9. The van der Waals surface area contributed by atoms with Crippen molar-refractivity contribution in [1.29, 1.82) is 0 Å². The van der Waals surface area contributed by atoms with Gasteiger partial charge in [-0.05, 0) is 60.0 Å². The molecule has 0 radical (unpaired) electrons. The number of piperidine rings is 1. The highest BCUT2D eigenvalue weighted by molar-refractivity contribution is 5.92. The van der Waals surface area contributed by atoms with Crippen LogP contribution in [0.1, 0.15) is 44.9 Å². The number of aryl methyl sites for hydroxylation is 1. The van der Waals surface area contributed by atoms with Gasteiger partial charge < -0.3 is 10.2 Å². The van der Waals surface area contributed by atoms with Gasteiger partial charge in [-0.1, -0.05) is 32.9 Å². The maximum Gasteiger partial charge on any atom is 0.228 e. The monoisotopic (exact) mass is 459 g/mol. The molecule has 0 unspecified atom stereocenters. The third kappa shape index (κ3) is 4.35. The van der Waals surface area contributed by atoms with Crippen LogP contribution in [0.5, 0.6) is 0 Å². The van der Waals surface area contributed by atoms with Gasteiger partial charge >= 0.3 is 0 Å². The topological polar surface area (TPSA) is 106 Å². The van der Waals surface area contributed by atoms with Crippen LogP contribution in [0.4, 0.5) is 11.6 Å². The van der Waals surface area contributed by atoms with Gasteiger partial charge in [0.05, 0.1) is 11.4 Å². The zero-order valence-electron chi connectivity index (χ0n) is 19.9. The van der Waals surface area contributed by atoms with E-state index in [1.165, 1.54) is 4.63 Å². The molecule has 0 saturated carbocycles. The van der Waals surface area contributed by atoms with Crippen molar-refractivity contribution in [2.75, 3.05) is 23.3 Å². The predicted octanol–water partition coefficient (Wildman–Crippen LogP) is 3.17. The highest BCUT2D eigenvalue weighted by Gasteiger charge is 2.28. The Hall–Kier alpha value is -3.82. The number of hydrogen-bond acceptors (Lipinski definition) is 7. The highest BCUT2D eigenvalue weighted by atomic mass is 16.2. The van der Waals surface area contributed by atoms with Gasteiger partial charge in [-0.2, -0.15) is 5.10 Å². The molecule has 1 fully saturated rings. The van der Waals surface area contributed by atoms with Crippen LogP contribution in [0.3, 0.4) is 0 Å². The number of nitrogens with zero attached hydrogens (tertiary/aromatic N) is 8. The normalized spacial score (nSPS) is 15.1. The molecule has 5 rings (SSSR count). The fourth-order valence-corrected chi connectivity index (χ4v) is 4.20. The number of rotatable bonds is 4. The smallest absolute Gasteiger partial charge is 0.228 e. The van der Waals surface area contributed by atoms with Crippen LogP contribution in [0.25, 0.3) is 11.3 Å². The Balaban J connectivity index is 1.31. The highest BCUT2D eigenvalue weighted by Crippen LogP contribution is 2.28. The van der Waals surface area contributed by atoms with E-state index in [0.29, 0.717) is 11.5 Å². The summed E-state index contributed by atoms with van der Waals surface area (Å²) in [6.45, 7) is 9.90. The summed E-state index contributed by atoms with van der Waals surface area (Å²) in [6.07, 6.45) is 1.48. The van der Waals surface area contributed by atoms with Crippen LogP contribution in [0, 0.1) is 12.8 Å². The summed E-state index contributed by atoms with van der Waals surface area (Å²) in [5.74, 6) is 1.46. The number of benzene rings is 1. The van der Waals surface area contributed by atoms with Gasteiger partial charge in [0.1, 0.15) is 5.82 Å². The first kappa shape index (κ1) is 22.0. The molecule has 10 nitrogen and oxygen atoms in total. The van der Waals surface area contributed by atoms with Crippen molar-refractivity contribution in [3.05, 3.63) is 53.7 Å². The number of tetrazole rings is 1. The van der Waals surface area contributed by atoms with Gasteiger partial charge in [0.2, 0.25) is 5.91 Å². The number of nitrogens with one attached hydrogen (secondary N) is 1. The summed E-state index contributed by atoms with van der Waals surface area (Å²) in [7, 11) is 0. The van der Waals surface area contributed by atoms with E-state index in [9.17, 15) is 4.79 Å². The maximum atomic E-state index is 13.2. The largest absolute Gasteiger partial charge is 0.355 e. The lowest BCUT2D eigenvalue weighted by atomic mass is 9.92. The van der Waals surface area contributed by atoms with E-state index in [-0.39, 0.29) is 17.2 Å². The second-order valence-electron chi connectivity index (χ2n) is 9.88. The van der Waals surface area contributed by atoms with Gasteiger partial charge in [-0.3, -0.25) is 4.79 Å². The molecule has 1 aliphatic rings. The molecule has 176 valence electrons. The standard InChI is InChI=1S/C24H29N9O/c1-16-6-5-7-18(14-16)32-22(15-19(27-32)24(2,3)4)25-23(34)17-10-12-31(13-11-17)21-9-8-20-26-29-30-33(20)28-21/h5-9,14-15,17H,10-13H2,1-4H3,(H,25,34). The lowest BCUT2D eigenvalue weighted by molar-refractivity contribution is -0.120. The van der Waals surface area contributed by atoms with E-state index in [1.54, 1.807) is 0 Å². The Morgan fingerprint density at radius 2 is 1.85 bits per heavy atom. The summed E-state index contributed by atoms with van der Waals surface area (Å²) < 4.78 is 3.26. The maximum absolute atomic E-state index is 13.2. The lowest BCUT2D eigenvalue weighted by Crippen LogP contribution is -2.39. The molecule has 1 N–H and O–H groups in total. The van der Waals surface area contributed by atoms with Crippen molar-refractivity contribution >= 4 is 23.2 Å². The van der Waals surface area contributed by atoms with E-state index in [1.807, 2.05) is 35.0 Å². The van der Waals surface area contributed by atoms with E-state index in [2.05, 4.69) is 70.7 Å². The Morgan fingerprint density at radius 1 is 1.06 bits per heavy atom. The second kappa shape index (κ2) is 8.51. The third-order valence-corrected chi connectivity index (χ3v) is 6.22. The molecule has 0 atom stereocenters. The van der Waals surface area contributed by atoms with Crippen LogP contribution >= 0.6 is 0 Å². The summed E-state index contributed by atoms with van der Waals surface area (Å²) in [4.78, 5) is 15.4. The minimum absolute atomic E-state index is 0.0257. The molecule has 1 saturated heterocycles. The van der Waals surface area contributed by atoms with Crippen molar-refractivity contribution < 1.29 is 4.79 Å². The van der Waals surface area contributed by atoms with Crippen molar-refractivity contribution in [1.82, 2.24) is 35.0 Å². The molecule has 4 aromatic rings.